The van der Waals surface area contributed by atoms with E-state index in [0.29, 0.717) is 10.0 Å². The van der Waals surface area contributed by atoms with E-state index in [0.717, 1.165) is 0 Å². The van der Waals surface area contributed by atoms with Crippen molar-refractivity contribution in [2.24, 2.45) is 5.84 Å². The summed E-state index contributed by atoms with van der Waals surface area (Å²) in [6, 6.07) is 6.66. The molecule has 0 aliphatic heterocycles. The summed E-state index contributed by atoms with van der Waals surface area (Å²) in [5.74, 6) is 4.46. The maximum absolute atomic E-state index is 14.3. The predicted octanol–water partition coefficient (Wildman–Crippen LogP) is 3.94. The Kier molecular flexibility index (Phi) is 5.16. The van der Waals surface area contributed by atoms with Gasteiger partial charge in [0.05, 0.1) is 18.2 Å². The van der Waals surface area contributed by atoms with E-state index in [1.165, 1.54) is 25.3 Å². The van der Waals surface area contributed by atoms with Crippen molar-refractivity contribution in [1.29, 1.82) is 0 Å². The van der Waals surface area contributed by atoms with Gasteiger partial charge in [0.2, 0.25) is 0 Å². The molecule has 0 saturated heterocycles. The van der Waals surface area contributed by atoms with Gasteiger partial charge in [-0.15, -0.1) is 0 Å². The van der Waals surface area contributed by atoms with Crippen LogP contribution in [-0.2, 0) is 0 Å². The highest BCUT2D eigenvalue weighted by atomic mass is 79.9. The first-order chi connectivity index (χ1) is 9.99. The molecule has 0 aliphatic rings. The summed E-state index contributed by atoms with van der Waals surface area (Å²) in [6.07, 6.45) is 0. The molecule has 2 rings (SSSR count). The van der Waals surface area contributed by atoms with Crippen molar-refractivity contribution in [3.8, 4) is 5.75 Å². The second kappa shape index (κ2) is 6.70. The molecule has 7 heteroatoms. The number of ether oxygens (including phenoxy) is 1. The minimum absolute atomic E-state index is 0.0400. The van der Waals surface area contributed by atoms with Crippen LogP contribution in [0.1, 0.15) is 17.2 Å². The van der Waals surface area contributed by atoms with Gasteiger partial charge >= 0.3 is 0 Å². The lowest BCUT2D eigenvalue weighted by Gasteiger charge is -2.19. The van der Waals surface area contributed by atoms with Gasteiger partial charge in [0.1, 0.15) is 5.82 Å². The SMILES string of the molecule is COc1cc(C(NN)c2ccc(Br)c(Cl)c2F)ccc1F. The molecule has 0 spiro atoms. The Morgan fingerprint density at radius 1 is 1.29 bits per heavy atom. The van der Waals surface area contributed by atoms with Crippen LogP contribution in [0.5, 0.6) is 5.75 Å². The van der Waals surface area contributed by atoms with Crippen molar-refractivity contribution in [2.75, 3.05) is 7.11 Å². The number of rotatable bonds is 4. The van der Waals surface area contributed by atoms with E-state index in [-0.39, 0.29) is 16.3 Å². The van der Waals surface area contributed by atoms with Gasteiger partial charge in [-0.2, -0.15) is 0 Å². The third-order valence-corrected chi connectivity index (χ3v) is 4.31. The Bertz CT molecular complexity index is 670. The van der Waals surface area contributed by atoms with Crippen molar-refractivity contribution in [3.63, 3.8) is 0 Å². The first-order valence-electron chi connectivity index (χ1n) is 5.92. The summed E-state index contributed by atoms with van der Waals surface area (Å²) in [5.41, 5.74) is 3.30. The largest absolute Gasteiger partial charge is 0.494 e. The number of hydrogen-bond acceptors (Lipinski definition) is 3. The summed E-state index contributed by atoms with van der Waals surface area (Å²) in [7, 11) is 1.35. The zero-order valence-electron chi connectivity index (χ0n) is 11.0. The summed E-state index contributed by atoms with van der Waals surface area (Å²) in [5, 5.41) is -0.0400. The Morgan fingerprint density at radius 3 is 2.62 bits per heavy atom. The number of methoxy groups -OCH3 is 1. The second-order valence-corrected chi connectivity index (χ2v) is 5.49. The Hall–Kier alpha value is -1.21. The van der Waals surface area contributed by atoms with Gasteiger partial charge in [-0.1, -0.05) is 23.7 Å². The molecule has 112 valence electrons. The van der Waals surface area contributed by atoms with E-state index in [1.807, 2.05) is 0 Å². The lowest BCUT2D eigenvalue weighted by atomic mass is 9.98. The molecule has 0 amide bonds. The number of nitrogens with two attached hydrogens (primary N) is 1. The molecule has 3 nitrogen and oxygen atoms in total. The maximum atomic E-state index is 14.3. The summed E-state index contributed by atoms with van der Waals surface area (Å²) in [6.45, 7) is 0. The zero-order valence-corrected chi connectivity index (χ0v) is 13.3. The topological polar surface area (TPSA) is 47.3 Å². The monoisotopic (exact) mass is 376 g/mol. The molecule has 1 unspecified atom stereocenters. The molecule has 3 N–H and O–H groups in total. The smallest absolute Gasteiger partial charge is 0.165 e. The molecule has 1 atom stereocenters. The van der Waals surface area contributed by atoms with Crippen LogP contribution in [0.4, 0.5) is 8.78 Å². The average Bonchev–Trinajstić information content (AvgIpc) is 2.49. The molecule has 0 heterocycles. The van der Waals surface area contributed by atoms with Gasteiger partial charge in [0, 0.05) is 10.0 Å². The molecule has 2 aromatic rings. The lowest BCUT2D eigenvalue weighted by Crippen LogP contribution is -2.29. The van der Waals surface area contributed by atoms with E-state index in [1.54, 1.807) is 12.1 Å². The summed E-state index contributed by atoms with van der Waals surface area (Å²) >= 11 is 9.03. The zero-order chi connectivity index (χ0) is 15.6. The Balaban J connectivity index is 2.52. The molecule has 0 bridgehead atoms. The number of hydrogen-bond donors (Lipinski definition) is 2. The van der Waals surface area contributed by atoms with E-state index >= 15 is 0 Å². The first kappa shape index (κ1) is 16.2. The van der Waals surface area contributed by atoms with Crippen LogP contribution in [0.15, 0.2) is 34.8 Å². The lowest BCUT2D eigenvalue weighted by molar-refractivity contribution is 0.385. The van der Waals surface area contributed by atoms with Gasteiger partial charge in [-0.05, 0) is 39.7 Å². The highest BCUT2D eigenvalue weighted by Gasteiger charge is 2.21. The molecule has 0 aliphatic carbocycles. The van der Waals surface area contributed by atoms with Crippen molar-refractivity contribution in [2.45, 2.75) is 6.04 Å². The van der Waals surface area contributed by atoms with Crippen molar-refractivity contribution in [3.05, 3.63) is 62.6 Å². The maximum Gasteiger partial charge on any atom is 0.165 e. The molecule has 21 heavy (non-hydrogen) atoms. The fourth-order valence-electron chi connectivity index (χ4n) is 1.99. The molecular formula is C14H12BrClF2N2O. The number of halogens is 4. The van der Waals surface area contributed by atoms with Gasteiger partial charge in [0.25, 0.3) is 0 Å². The summed E-state index contributed by atoms with van der Waals surface area (Å²) in [4.78, 5) is 0. The Morgan fingerprint density at radius 2 is 2.00 bits per heavy atom. The van der Waals surface area contributed by atoms with Crippen LogP contribution in [0, 0.1) is 11.6 Å². The highest BCUT2D eigenvalue weighted by Crippen LogP contribution is 2.33. The predicted molar refractivity (Wildman–Crippen MR) is 81.2 cm³/mol. The Labute approximate surface area is 134 Å². The number of nitrogens with one attached hydrogen (secondary N) is 1. The van der Waals surface area contributed by atoms with Crippen LogP contribution in [0.25, 0.3) is 0 Å². The third kappa shape index (κ3) is 3.18. The molecule has 0 fully saturated rings. The van der Waals surface area contributed by atoms with E-state index in [2.05, 4.69) is 21.4 Å². The van der Waals surface area contributed by atoms with Gasteiger partial charge < -0.3 is 4.74 Å². The summed E-state index contributed by atoms with van der Waals surface area (Å²) < 4.78 is 33.1. The van der Waals surface area contributed by atoms with Crippen molar-refractivity contribution >= 4 is 27.5 Å². The molecule has 0 aromatic heterocycles. The standard InChI is InChI=1S/C14H12BrClF2N2O/c1-21-11-6-7(2-5-10(11)17)14(20-19)8-3-4-9(15)12(16)13(8)18/h2-6,14,20H,19H2,1H3. The van der Waals surface area contributed by atoms with Crippen molar-refractivity contribution < 1.29 is 13.5 Å². The third-order valence-electron chi connectivity index (χ3n) is 3.05. The fourth-order valence-corrected chi connectivity index (χ4v) is 2.46. The second-order valence-electron chi connectivity index (χ2n) is 4.26. The minimum Gasteiger partial charge on any atom is -0.494 e. The van der Waals surface area contributed by atoms with Gasteiger partial charge in [-0.3, -0.25) is 5.84 Å². The highest BCUT2D eigenvalue weighted by molar-refractivity contribution is 9.10. The van der Waals surface area contributed by atoms with Crippen LogP contribution < -0.4 is 16.0 Å². The fraction of sp³-hybridized carbons (Fsp3) is 0.143. The minimum atomic E-state index is -0.690. The van der Waals surface area contributed by atoms with Crippen LogP contribution in [0.3, 0.4) is 0 Å². The van der Waals surface area contributed by atoms with Gasteiger partial charge in [-0.25, -0.2) is 14.2 Å². The van der Waals surface area contributed by atoms with Crippen molar-refractivity contribution in [1.82, 2.24) is 5.43 Å². The molecule has 2 aromatic carbocycles. The van der Waals surface area contributed by atoms with Crippen LogP contribution in [0.2, 0.25) is 5.02 Å². The average molecular weight is 378 g/mol. The number of hydrazine groups is 1. The normalized spacial score (nSPS) is 12.3. The quantitative estimate of drug-likeness (QED) is 0.482. The van der Waals surface area contributed by atoms with Crippen LogP contribution in [-0.4, -0.2) is 7.11 Å². The van der Waals surface area contributed by atoms with E-state index in [9.17, 15) is 8.78 Å². The number of benzene rings is 2. The first-order valence-corrected chi connectivity index (χ1v) is 7.09. The van der Waals surface area contributed by atoms with E-state index in [4.69, 9.17) is 22.2 Å². The molecule has 0 radical (unpaired) electrons. The molecular weight excluding hydrogens is 366 g/mol. The van der Waals surface area contributed by atoms with E-state index < -0.39 is 17.7 Å². The molecule has 0 saturated carbocycles. The van der Waals surface area contributed by atoms with Gasteiger partial charge in [0.15, 0.2) is 11.6 Å². The van der Waals surface area contributed by atoms with Crippen LogP contribution >= 0.6 is 27.5 Å².